The molecule has 16 heavy (non-hydrogen) atoms. The van der Waals surface area contributed by atoms with Gasteiger partial charge in [0.05, 0.1) is 6.54 Å². The Hall–Kier alpha value is -0.770. The van der Waals surface area contributed by atoms with Crippen molar-refractivity contribution in [3.8, 4) is 0 Å². The molecule has 3 rings (SSSR count). The summed E-state index contributed by atoms with van der Waals surface area (Å²) in [6.07, 6.45) is 6.75. The second-order valence-electron chi connectivity index (χ2n) is 5.16. The van der Waals surface area contributed by atoms with Gasteiger partial charge < -0.3 is 15.5 Å². The monoisotopic (exact) mass is 222 g/mol. The lowest BCUT2D eigenvalue weighted by atomic mass is 10.1. The lowest BCUT2D eigenvalue weighted by Crippen LogP contribution is -2.47. The van der Waals surface area contributed by atoms with Gasteiger partial charge in [0.1, 0.15) is 0 Å². The highest BCUT2D eigenvalue weighted by Gasteiger charge is 2.33. The molecular weight excluding hydrogens is 200 g/mol. The second kappa shape index (κ2) is 4.62. The van der Waals surface area contributed by atoms with Gasteiger partial charge in [0.25, 0.3) is 0 Å². The first kappa shape index (κ1) is 10.4. The van der Waals surface area contributed by atoms with E-state index in [-0.39, 0.29) is 0 Å². The van der Waals surface area contributed by atoms with Crippen LogP contribution >= 0.6 is 0 Å². The van der Waals surface area contributed by atoms with Crippen molar-refractivity contribution < 1.29 is 0 Å². The van der Waals surface area contributed by atoms with Crippen LogP contribution in [-0.2, 0) is 0 Å². The second-order valence-corrected chi connectivity index (χ2v) is 5.16. The van der Waals surface area contributed by atoms with Gasteiger partial charge in [-0.1, -0.05) is 6.42 Å². The molecule has 0 spiro atoms. The zero-order chi connectivity index (χ0) is 10.8. The fraction of sp³-hybridized carbons (Fsp3) is 0.917. The smallest absolute Gasteiger partial charge is 0.194 e. The molecule has 1 unspecified atom stereocenters. The van der Waals surface area contributed by atoms with E-state index in [1.165, 1.54) is 38.6 Å². The molecule has 3 aliphatic rings. The highest BCUT2D eigenvalue weighted by atomic mass is 15.4. The molecular formula is C12H22N4. The summed E-state index contributed by atoms with van der Waals surface area (Å²) in [6, 6.07) is 1.45. The first-order valence-corrected chi connectivity index (χ1v) is 6.72. The average Bonchev–Trinajstić information content (AvgIpc) is 3.07. The summed E-state index contributed by atoms with van der Waals surface area (Å²) >= 11 is 0. The quantitative estimate of drug-likeness (QED) is 0.732. The molecule has 1 aliphatic carbocycles. The summed E-state index contributed by atoms with van der Waals surface area (Å²) < 4.78 is 0. The minimum absolute atomic E-state index is 0.651. The first-order chi connectivity index (χ1) is 7.93. The molecule has 2 fully saturated rings. The Labute approximate surface area is 97.5 Å². The molecule has 1 saturated heterocycles. The molecule has 2 heterocycles. The van der Waals surface area contributed by atoms with Gasteiger partial charge >= 0.3 is 0 Å². The number of aliphatic imine (C=N–C) groups is 1. The van der Waals surface area contributed by atoms with Gasteiger partial charge in [-0.25, -0.2) is 0 Å². The minimum atomic E-state index is 0.651. The van der Waals surface area contributed by atoms with Crippen LogP contribution in [0.1, 0.15) is 32.1 Å². The normalized spacial score (nSPS) is 30.4. The zero-order valence-corrected chi connectivity index (χ0v) is 9.91. The van der Waals surface area contributed by atoms with Crippen molar-refractivity contribution in [1.82, 2.24) is 15.5 Å². The summed E-state index contributed by atoms with van der Waals surface area (Å²) in [5.41, 5.74) is 0. The zero-order valence-electron chi connectivity index (χ0n) is 9.91. The Morgan fingerprint density at radius 1 is 1.31 bits per heavy atom. The third-order valence-corrected chi connectivity index (χ3v) is 3.78. The predicted octanol–water partition coefficient (Wildman–Crippen LogP) is 0.552. The Morgan fingerprint density at radius 3 is 3.00 bits per heavy atom. The Balaban J connectivity index is 1.46. The van der Waals surface area contributed by atoms with Gasteiger partial charge in [0.15, 0.2) is 5.96 Å². The molecule has 2 N–H and O–H groups in total. The van der Waals surface area contributed by atoms with E-state index in [4.69, 9.17) is 0 Å². The van der Waals surface area contributed by atoms with E-state index in [0.29, 0.717) is 6.04 Å². The SMILES string of the molecule is C1CCC(CNC2=NCCN2C2CC2)NC1. The van der Waals surface area contributed by atoms with E-state index < -0.39 is 0 Å². The van der Waals surface area contributed by atoms with Crippen LogP contribution in [0.3, 0.4) is 0 Å². The van der Waals surface area contributed by atoms with E-state index >= 15 is 0 Å². The van der Waals surface area contributed by atoms with Crippen molar-refractivity contribution in [2.75, 3.05) is 26.2 Å². The summed E-state index contributed by atoms with van der Waals surface area (Å²) in [7, 11) is 0. The van der Waals surface area contributed by atoms with E-state index in [0.717, 1.165) is 31.6 Å². The minimum Gasteiger partial charge on any atom is -0.355 e. The summed E-state index contributed by atoms with van der Waals surface area (Å²) in [4.78, 5) is 7.03. The molecule has 90 valence electrons. The maximum Gasteiger partial charge on any atom is 0.194 e. The third kappa shape index (κ3) is 2.32. The van der Waals surface area contributed by atoms with Crippen molar-refractivity contribution in [2.45, 2.75) is 44.2 Å². The molecule has 0 aromatic heterocycles. The Bertz CT molecular complexity index is 266. The predicted molar refractivity (Wildman–Crippen MR) is 65.7 cm³/mol. The van der Waals surface area contributed by atoms with E-state index in [1.807, 2.05) is 0 Å². The van der Waals surface area contributed by atoms with Crippen molar-refractivity contribution in [3.63, 3.8) is 0 Å². The molecule has 0 bridgehead atoms. The molecule has 4 heteroatoms. The molecule has 0 radical (unpaired) electrons. The van der Waals surface area contributed by atoms with Crippen LogP contribution in [0.15, 0.2) is 4.99 Å². The number of guanidine groups is 1. The van der Waals surface area contributed by atoms with Gasteiger partial charge in [0.2, 0.25) is 0 Å². The molecule has 1 saturated carbocycles. The molecule has 4 nitrogen and oxygen atoms in total. The van der Waals surface area contributed by atoms with Gasteiger partial charge in [-0.3, -0.25) is 4.99 Å². The van der Waals surface area contributed by atoms with Gasteiger partial charge in [-0.2, -0.15) is 0 Å². The van der Waals surface area contributed by atoms with Crippen LogP contribution < -0.4 is 10.6 Å². The number of piperidine rings is 1. The number of hydrogen-bond donors (Lipinski definition) is 2. The highest BCUT2D eigenvalue weighted by molar-refractivity contribution is 5.82. The van der Waals surface area contributed by atoms with Crippen molar-refractivity contribution >= 4 is 5.96 Å². The van der Waals surface area contributed by atoms with Crippen LogP contribution in [0.5, 0.6) is 0 Å². The summed E-state index contributed by atoms with van der Waals surface area (Å²) in [5, 5.41) is 7.10. The van der Waals surface area contributed by atoms with E-state index in [9.17, 15) is 0 Å². The largest absolute Gasteiger partial charge is 0.355 e. The fourth-order valence-corrected chi connectivity index (χ4v) is 2.67. The lowest BCUT2D eigenvalue weighted by Gasteiger charge is -2.26. The average molecular weight is 222 g/mol. The number of nitrogens with zero attached hydrogens (tertiary/aromatic N) is 2. The molecule has 0 aromatic rings. The van der Waals surface area contributed by atoms with Crippen LogP contribution in [0.4, 0.5) is 0 Å². The molecule has 2 aliphatic heterocycles. The van der Waals surface area contributed by atoms with Crippen LogP contribution in [0.2, 0.25) is 0 Å². The Kier molecular flexibility index (Phi) is 3.00. The maximum absolute atomic E-state index is 4.57. The van der Waals surface area contributed by atoms with Gasteiger partial charge in [-0.15, -0.1) is 0 Å². The maximum atomic E-state index is 4.57. The van der Waals surface area contributed by atoms with Crippen LogP contribution in [0, 0.1) is 0 Å². The topological polar surface area (TPSA) is 39.7 Å². The Morgan fingerprint density at radius 2 is 2.25 bits per heavy atom. The standard InChI is InChI=1S/C12H22N4/c1-2-6-13-10(3-1)9-15-12-14-7-8-16(12)11-4-5-11/h10-11,13H,1-9H2,(H,14,15). The fourth-order valence-electron chi connectivity index (χ4n) is 2.67. The number of hydrogen-bond acceptors (Lipinski definition) is 4. The summed E-state index contributed by atoms with van der Waals surface area (Å²) in [5.74, 6) is 1.16. The lowest BCUT2D eigenvalue weighted by molar-refractivity contribution is 0.385. The first-order valence-electron chi connectivity index (χ1n) is 6.72. The van der Waals surface area contributed by atoms with Gasteiger partial charge in [0, 0.05) is 25.2 Å². The molecule has 1 atom stereocenters. The van der Waals surface area contributed by atoms with Gasteiger partial charge in [-0.05, 0) is 32.2 Å². The van der Waals surface area contributed by atoms with E-state index in [2.05, 4.69) is 20.5 Å². The summed E-state index contributed by atoms with van der Waals surface area (Å²) in [6.45, 7) is 4.34. The number of nitrogens with one attached hydrogen (secondary N) is 2. The van der Waals surface area contributed by atoms with Crippen molar-refractivity contribution in [2.24, 2.45) is 4.99 Å². The van der Waals surface area contributed by atoms with Crippen molar-refractivity contribution in [1.29, 1.82) is 0 Å². The molecule has 0 amide bonds. The molecule has 0 aromatic carbocycles. The van der Waals surface area contributed by atoms with E-state index in [1.54, 1.807) is 0 Å². The van der Waals surface area contributed by atoms with Crippen LogP contribution in [-0.4, -0.2) is 49.1 Å². The van der Waals surface area contributed by atoms with Crippen LogP contribution in [0.25, 0.3) is 0 Å². The number of rotatable bonds is 3. The van der Waals surface area contributed by atoms with Crippen molar-refractivity contribution in [3.05, 3.63) is 0 Å². The third-order valence-electron chi connectivity index (χ3n) is 3.78. The highest BCUT2D eigenvalue weighted by Crippen LogP contribution is 2.27.